The lowest BCUT2D eigenvalue weighted by Crippen LogP contribution is -1.77. The highest BCUT2D eigenvalue weighted by atomic mass is 79.9. The number of aromatic amines is 1. The lowest BCUT2D eigenvalue weighted by molar-refractivity contribution is 1.36. The largest absolute Gasteiger partial charge is 0.360 e. The molecule has 1 heterocycles. The highest BCUT2D eigenvalue weighted by molar-refractivity contribution is 9.14. The first-order valence-electron chi connectivity index (χ1n) is 5.63. The van der Waals surface area contributed by atoms with E-state index in [2.05, 4.69) is 93.0 Å². The number of nitrogens with one attached hydrogen (secondary N) is 1. The van der Waals surface area contributed by atoms with Gasteiger partial charge in [-0.2, -0.15) is 0 Å². The van der Waals surface area contributed by atoms with Gasteiger partial charge in [-0.05, 0) is 78.1 Å². The standard InChI is InChI=1S/C14H7Br4NS/c15-7-1-2-12-9(3-7)13(6-19-12)20-8-4-10(16)14(18)11(17)5-8/h1-6,19H. The highest BCUT2D eigenvalue weighted by Gasteiger charge is 2.09. The van der Waals surface area contributed by atoms with E-state index in [0.29, 0.717) is 0 Å². The number of hydrogen-bond donors (Lipinski definition) is 1. The van der Waals surface area contributed by atoms with Crippen molar-refractivity contribution in [3.63, 3.8) is 0 Å². The second-order valence-corrected chi connectivity index (χ2v) is 8.68. The van der Waals surface area contributed by atoms with Gasteiger partial charge >= 0.3 is 0 Å². The highest BCUT2D eigenvalue weighted by Crippen LogP contribution is 2.40. The van der Waals surface area contributed by atoms with Crippen LogP contribution in [0.4, 0.5) is 0 Å². The van der Waals surface area contributed by atoms with Gasteiger partial charge in [0.1, 0.15) is 0 Å². The Morgan fingerprint density at radius 1 is 0.900 bits per heavy atom. The molecule has 102 valence electrons. The van der Waals surface area contributed by atoms with E-state index >= 15 is 0 Å². The zero-order chi connectivity index (χ0) is 14.3. The van der Waals surface area contributed by atoms with Crippen LogP contribution >= 0.6 is 75.5 Å². The summed E-state index contributed by atoms with van der Waals surface area (Å²) in [5.41, 5.74) is 1.14. The molecular weight excluding hydrogens is 534 g/mol. The minimum Gasteiger partial charge on any atom is -0.360 e. The number of hydrogen-bond acceptors (Lipinski definition) is 1. The van der Waals surface area contributed by atoms with Crippen LogP contribution in [0.3, 0.4) is 0 Å². The SMILES string of the molecule is Brc1ccc2[nH]cc(Sc3cc(Br)c(Br)c(Br)c3)c2c1. The molecule has 0 bridgehead atoms. The van der Waals surface area contributed by atoms with E-state index in [9.17, 15) is 0 Å². The molecule has 3 aromatic rings. The molecule has 0 aliphatic heterocycles. The van der Waals surface area contributed by atoms with Crippen LogP contribution in [0.15, 0.2) is 64.2 Å². The van der Waals surface area contributed by atoms with Crippen molar-refractivity contribution in [2.45, 2.75) is 9.79 Å². The fourth-order valence-corrected chi connectivity index (χ4v) is 4.95. The summed E-state index contributed by atoms with van der Waals surface area (Å²) >= 11 is 15.9. The van der Waals surface area contributed by atoms with Crippen LogP contribution in [0.25, 0.3) is 10.9 Å². The second kappa shape index (κ2) is 6.16. The fourth-order valence-electron chi connectivity index (χ4n) is 1.87. The summed E-state index contributed by atoms with van der Waals surface area (Å²) in [6, 6.07) is 10.5. The first kappa shape index (κ1) is 15.2. The van der Waals surface area contributed by atoms with Gasteiger partial charge in [0.05, 0.1) is 0 Å². The molecule has 3 rings (SSSR count). The molecule has 0 fully saturated rings. The summed E-state index contributed by atoms with van der Waals surface area (Å²) < 4.78 is 4.19. The first-order chi connectivity index (χ1) is 9.54. The summed E-state index contributed by atoms with van der Waals surface area (Å²) in [7, 11) is 0. The van der Waals surface area contributed by atoms with Gasteiger partial charge in [0.2, 0.25) is 0 Å². The van der Waals surface area contributed by atoms with Gasteiger partial charge in [-0.25, -0.2) is 0 Å². The van der Waals surface area contributed by atoms with Crippen molar-refractivity contribution in [3.8, 4) is 0 Å². The van der Waals surface area contributed by atoms with E-state index in [-0.39, 0.29) is 0 Å². The molecular formula is C14H7Br4NS. The summed E-state index contributed by atoms with van der Waals surface area (Å²) in [6.45, 7) is 0. The van der Waals surface area contributed by atoms with Crippen LogP contribution < -0.4 is 0 Å². The molecule has 0 unspecified atom stereocenters. The maximum absolute atomic E-state index is 3.56. The monoisotopic (exact) mass is 537 g/mol. The fraction of sp³-hybridized carbons (Fsp3) is 0. The third-order valence-electron chi connectivity index (χ3n) is 2.79. The Balaban J connectivity index is 2.03. The Morgan fingerprint density at radius 2 is 1.60 bits per heavy atom. The minimum absolute atomic E-state index is 1.03. The molecule has 1 N–H and O–H groups in total. The molecule has 2 aromatic carbocycles. The smallest absolute Gasteiger partial charge is 0.0466 e. The van der Waals surface area contributed by atoms with Gasteiger partial charge < -0.3 is 4.98 Å². The Kier molecular flexibility index (Phi) is 4.67. The lowest BCUT2D eigenvalue weighted by Gasteiger charge is -2.05. The second-order valence-electron chi connectivity index (χ2n) is 4.15. The number of benzene rings is 2. The lowest BCUT2D eigenvalue weighted by atomic mass is 10.2. The van der Waals surface area contributed by atoms with E-state index in [1.165, 1.54) is 15.2 Å². The minimum atomic E-state index is 1.03. The van der Waals surface area contributed by atoms with Crippen LogP contribution in [-0.4, -0.2) is 4.98 Å². The molecule has 0 amide bonds. The summed E-state index contributed by atoms with van der Waals surface area (Å²) in [5.74, 6) is 0. The van der Waals surface area contributed by atoms with Crippen LogP contribution in [0.2, 0.25) is 0 Å². The van der Waals surface area contributed by atoms with Gasteiger partial charge in [-0.15, -0.1) is 0 Å². The maximum atomic E-state index is 3.56. The third kappa shape index (κ3) is 3.04. The average Bonchev–Trinajstić information content (AvgIpc) is 2.78. The number of H-pyrrole nitrogens is 1. The summed E-state index contributed by atoms with van der Waals surface area (Å²) in [5, 5.41) is 1.22. The number of halogens is 4. The maximum Gasteiger partial charge on any atom is 0.0466 e. The number of fused-ring (bicyclic) bond motifs is 1. The van der Waals surface area contributed by atoms with Crippen LogP contribution in [-0.2, 0) is 0 Å². The normalized spacial score (nSPS) is 11.2. The van der Waals surface area contributed by atoms with Crippen molar-refractivity contribution < 1.29 is 0 Å². The summed E-state index contributed by atoms with van der Waals surface area (Å²) in [6.07, 6.45) is 2.05. The first-order valence-corrected chi connectivity index (χ1v) is 9.62. The van der Waals surface area contributed by atoms with Crippen LogP contribution in [0.1, 0.15) is 0 Å². The predicted molar refractivity (Wildman–Crippen MR) is 99.7 cm³/mol. The van der Waals surface area contributed by atoms with E-state index in [0.717, 1.165) is 23.4 Å². The van der Waals surface area contributed by atoms with Crippen LogP contribution in [0, 0.1) is 0 Å². The molecule has 0 aliphatic rings. The topological polar surface area (TPSA) is 15.8 Å². The Morgan fingerprint density at radius 3 is 2.30 bits per heavy atom. The Bertz CT molecular complexity index is 774. The molecule has 6 heteroatoms. The van der Waals surface area contributed by atoms with E-state index in [1.54, 1.807) is 11.8 Å². The third-order valence-corrected chi connectivity index (χ3v) is 7.48. The van der Waals surface area contributed by atoms with E-state index < -0.39 is 0 Å². The number of aromatic nitrogens is 1. The number of rotatable bonds is 2. The van der Waals surface area contributed by atoms with Gasteiger partial charge in [0.15, 0.2) is 0 Å². The molecule has 0 aliphatic carbocycles. The molecule has 0 radical (unpaired) electrons. The zero-order valence-electron chi connectivity index (χ0n) is 9.88. The van der Waals surface area contributed by atoms with Crippen LogP contribution in [0.5, 0.6) is 0 Å². The van der Waals surface area contributed by atoms with Crippen molar-refractivity contribution in [1.29, 1.82) is 0 Å². The molecule has 0 atom stereocenters. The molecule has 0 saturated heterocycles. The van der Waals surface area contributed by atoms with Gasteiger partial charge in [0, 0.05) is 44.8 Å². The van der Waals surface area contributed by atoms with Crippen molar-refractivity contribution >= 4 is 86.4 Å². The van der Waals surface area contributed by atoms with Crippen molar-refractivity contribution in [3.05, 3.63) is 54.4 Å². The molecule has 0 spiro atoms. The molecule has 0 saturated carbocycles. The van der Waals surface area contributed by atoms with Crippen molar-refractivity contribution in [1.82, 2.24) is 4.98 Å². The molecule has 1 aromatic heterocycles. The van der Waals surface area contributed by atoms with E-state index in [1.807, 2.05) is 12.3 Å². The van der Waals surface area contributed by atoms with Gasteiger partial charge in [-0.1, -0.05) is 27.7 Å². The van der Waals surface area contributed by atoms with Crippen molar-refractivity contribution in [2.24, 2.45) is 0 Å². The van der Waals surface area contributed by atoms with Crippen molar-refractivity contribution in [2.75, 3.05) is 0 Å². The Hall–Kier alpha value is 0.250. The zero-order valence-corrected chi connectivity index (χ0v) is 17.0. The van der Waals surface area contributed by atoms with Gasteiger partial charge in [-0.3, -0.25) is 0 Å². The molecule has 1 nitrogen and oxygen atoms in total. The molecule has 20 heavy (non-hydrogen) atoms. The average molecular weight is 541 g/mol. The Labute approximate surface area is 154 Å². The van der Waals surface area contributed by atoms with E-state index in [4.69, 9.17) is 0 Å². The summed E-state index contributed by atoms with van der Waals surface area (Å²) in [4.78, 5) is 5.69. The van der Waals surface area contributed by atoms with Gasteiger partial charge in [0.25, 0.3) is 0 Å². The predicted octanol–water partition coefficient (Wildman–Crippen LogP) is 7.37. The quantitative estimate of drug-likeness (QED) is 0.336.